The minimum atomic E-state index is -0.392. The SMILES string of the molecule is COc1cccc(COc2ccc3c(c2)CC[C@@H]3O)c1F. The van der Waals surface area contributed by atoms with Crippen LogP contribution in [0.1, 0.15) is 29.2 Å². The average Bonchev–Trinajstić information content (AvgIpc) is 2.87. The standard InChI is InChI=1S/C17H17FO3/c1-20-16-4-2-3-12(17(16)18)10-21-13-6-7-14-11(9-13)5-8-15(14)19/h2-4,6-7,9,15,19H,5,8,10H2,1H3/t15-/m0/s1. The van der Waals surface area contributed by atoms with Gasteiger partial charge in [0.1, 0.15) is 12.4 Å². The van der Waals surface area contributed by atoms with Crippen molar-refractivity contribution >= 4 is 0 Å². The molecule has 1 aliphatic rings. The van der Waals surface area contributed by atoms with Crippen molar-refractivity contribution in [2.45, 2.75) is 25.6 Å². The molecule has 0 radical (unpaired) electrons. The highest BCUT2D eigenvalue weighted by Gasteiger charge is 2.20. The molecule has 3 rings (SSSR count). The first kappa shape index (κ1) is 13.9. The predicted molar refractivity (Wildman–Crippen MR) is 77.0 cm³/mol. The molecular formula is C17H17FO3. The van der Waals surface area contributed by atoms with Gasteiger partial charge >= 0.3 is 0 Å². The van der Waals surface area contributed by atoms with Crippen molar-refractivity contribution in [3.05, 3.63) is 58.9 Å². The summed E-state index contributed by atoms with van der Waals surface area (Å²) in [6, 6.07) is 10.6. The van der Waals surface area contributed by atoms with E-state index >= 15 is 0 Å². The summed E-state index contributed by atoms with van der Waals surface area (Å²) in [6.45, 7) is 0.143. The largest absolute Gasteiger partial charge is 0.494 e. The monoisotopic (exact) mass is 288 g/mol. The lowest BCUT2D eigenvalue weighted by Gasteiger charge is -2.11. The van der Waals surface area contributed by atoms with Gasteiger partial charge in [0.2, 0.25) is 0 Å². The number of halogens is 1. The number of hydrogen-bond acceptors (Lipinski definition) is 3. The molecule has 0 heterocycles. The third-order valence-electron chi connectivity index (χ3n) is 3.82. The fraction of sp³-hybridized carbons (Fsp3) is 0.294. The maximum atomic E-state index is 14.0. The highest BCUT2D eigenvalue weighted by Crippen LogP contribution is 2.33. The van der Waals surface area contributed by atoms with Crippen LogP contribution in [0, 0.1) is 5.82 Å². The van der Waals surface area contributed by atoms with Gasteiger partial charge in [-0.05, 0) is 42.2 Å². The molecule has 3 nitrogen and oxygen atoms in total. The molecule has 2 aromatic carbocycles. The molecule has 0 spiro atoms. The Labute approximate surface area is 122 Å². The van der Waals surface area contributed by atoms with E-state index in [0.29, 0.717) is 11.3 Å². The Hall–Kier alpha value is -2.07. The zero-order valence-electron chi connectivity index (χ0n) is 11.8. The van der Waals surface area contributed by atoms with Crippen molar-refractivity contribution < 1.29 is 19.0 Å². The Kier molecular flexibility index (Phi) is 3.80. The highest BCUT2D eigenvalue weighted by atomic mass is 19.1. The lowest BCUT2D eigenvalue weighted by Crippen LogP contribution is -2.01. The first-order valence-corrected chi connectivity index (χ1v) is 6.94. The van der Waals surface area contributed by atoms with Crippen LogP contribution < -0.4 is 9.47 Å². The molecule has 0 bridgehead atoms. The van der Waals surface area contributed by atoms with E-state index < -0.39 is 5.82 Å². The van der Waals surface area contributed by atoms with Gasteiger partial charge in [-0.25, -0.2) is 4.39 Å². The normalized spacial score (nSPS) is 16.6. The number of hydrogen-bond donors (Lipinski definition) is 1. The summed E-state index contributed by atoms with van der Waals surface area (Å²) in [5, 5.41) is 9.77. The molecule has 21 heavy (non-hydrogen) atoms. The maximum Gasteiger partial charge on any atom is 0.171 e. The lowest BCUT2D eigenvalue weighted by molar-refractivity contribution is 0.180. The summed E-state index contributed by atoms with van der Waals surface area (Å²) in [4.78, 5) is 0. The molecule has 1 N–H and O–H groups in total. The van der Waals surface area contributed by atoms with Crippen molar-refractivity contribution in [1.82, 2.24) is 0 Å². The number of aliphatic hydroxyl groups excluding tert-OH is 1. The summed E-state index contributed by atoms with van der Waals surface area (Å²) in [5.41, 5.74) is 2.52. The Morgan fingerprint density at radius 2 is 2.14 bits per heavy atom. The third-order valence-corrected chi connectivity index (χ3v) is 3.82. The van der Waals surface area contributed by atoms with E-state index in [0.717, 1.165) is 24.0 Å². The maximum absolute atomic E-state index is 14.0. The highest BCUT2D eigenvalue weighted by molar-refractivity contribution is 5.40. The topological polar surface area (TPSA) is 38.7 Å². The Bertz CT molecular complexity index is 654. The number of fused-ring (bicyclic) bond motifs is 1. The number of benzene rings is 2. The van der Waals surface area contributed by atoms with E-state index in [9.17, 15) is 9.50 Å². The van der Waals surface area contributed by atoms with Crippen molar-refractivity contribution in [2.24, 2.45) is 0 Å². The van der Waals surface area contributed by atoms with Gasteiger partial charge in [0.25, 0.3) is 0 Å². The van der Waals surface area contributed by atoms with Gasteiger partial charge < -0.3 is 14.6 Å². The Morgan fingerprint density at radius 3 is 2.95 bits per heavy atom. The summed E-state index contributed by atoms with van der Waals surface area (Å²) in [6.07, 6.45) is 1.23. The van der Waals surface area contributed by atoms with Crippen molar-refractivity contribution in [3.63, 3.8) is 0 Å². The molecule has 0 saturated carbocycles. The van der Waals surface area contributed by atoms with Gasteiger partial charge in [-0.2, -0.15) is 0 Å². The molecule has 1 atom stereocenters. The van der Waals surface area contributed by atoms with Gasteiger partial charge in [0.15, 0.2) is 11.6 Å². The van der Waals surface area contributed by atoms with Crippen LogP contribution in [0.4, 0.5) is 4.39 Å². The molecule has 0 aromatic heterocycles. The minimum Gasteiger partial charge on any atom is -0.494 e. The number of ether oxygens (including phenoxy) is 2. The third kappa shape index (κ3) is 2.72. The molecule has 4 heteroatoms. The molecule has 0 fully saturated rings. The van der Waals surface area contributed by atoms with Crippen LogP contribution in [0.25, 0.3) is 0 Å². The molecule has 110 valence electrons. The van der Waals surface area contributed by atoms with Crippen LogP contribution in [-0.2, 0) is 13.0 Å². The van der Waals surface area contributed by atoms with Crippen molar-refractivity contribution in [1.29, 1.82) is 0 Å². The van der Waals surface area contributed by atoms with Gasteiger partial charge in [-0.15, -0.1) is 0 Å². The quantitative estimate of drug-likeness (QED) is 0.937. The molecule has 0 aliphatic heterocycles. The van der Waals surface area contributed by atoms with Crippen molar-refractivity contribution in [3.8, 4) is 11.5 Å². The summed E-state index contributed by atoms with van der Waals surface area (Å²) >= 11 is 0. The zero-order chi connectivity index (χ0) is 14.8. The summed E-state index contributed by atoms with van der Waals surface area (Å²) in [7, 11) is 1.44. The van der Waals surface area contributed by atoms with E-state index in [1.165, 1.54) is 7.11 Å². The van der Waals surface area contributed by atoms with E-state index in [-0.39, 0.29) is 18.5 Å². The molecular weight excluding hydrogens is 271 g/mol. The minimum absolute atomic E-state index is 0.143. The van der Waals surface area contributed by atoms with Crippen LogP contribution in [0.5, 0.6) is 11.5 Å². The van der Waals surface area contributed by atoms with Gasteiger partial charge in [0.05, 0.1) is 13.2 Å². The lowest BCUT2D eigenvalue weighted by atomic mass is 10.1. The molecule has 1 aliphatic carbocycles. The molecule has 2 aromatic rings. The number of rotatable bonds is 4. The van der Waals surface area contributed by atoms with Crippen LogP contribution in [-0.4, -0.2) is 12.2 Å². The predicted octanol–water partition coefficient (Wildman–Crippen LogP) is 3.39. The van der Waals surface area contributed by atoms with Gasteiger partial charge in [-0.1, -0.05) is 18.2 Å². The van der Waals surface area contributed by atoms with Crippen LogP contribution in [0.3, 0.4) is 0 Å². The van der Waals surface area contributed by atoms with Crippen LogP contribution in [0.2, 0.25) is 0 Å². The van der Waals surface area contributed by atoms with E-state index in [4.69, 9.17) is 9.47 Å². The first-order chi connectivity index (χ1) is 10.2. The second kappa shape index (κ2) is 5.74. The fourth-order valence-corrected chi connectivity index (χ4v) is 2.65. The average molecular weight is 288 g/mol. The molecule has 0 amide bonds. The fourth-order valence-electron chi connectivity index (χ4n) is 2.65. The Morgan fingerprint density at radius 1 is 1.29 bits per heavy atom. The van der Waals surface area contributed by atoms with E-state index in [1.54, 1.807) is 18.2 Å². The van der Waals surface area contributed by atoms with Crippen molar-refractivity contribution in [2.75, 3.05) is 7.11 Å². The summed E-state index contributed by atoms with van der Waals surface area (Å²) < 4.78 is 24.6. The zero-order valence-corrected chi connectivity index (χ0v) is 11.8. The number of aliphatic hydroxyl groups is 1. The number of aryl methyl sites for hydroxylation is 1. The van der Waals surface area contributed by atoms with E-state index in [1.807, 2.05) is 18.2 Å². The van der Waals surface area contributed by atoms with Crippen LogP contribution >= 0.6 is 0 Å². The number of methoxy groups -OCH3 is 1. The first-order valence-electron chi connectivity index (χ1n) is 6.94. The Balaban J connectivity index is 1.74. The second-order valence-corrected chi connectivity index (χ2v) is 5.14. The van der Waals surface area contributed by atoms with Gasteiger partial charge in [0, 0.05) is 5.56 Å². The smallest absolute Gasteiger partial charge is 0.171 e. The van der Waals surface area contributed by atoms with E-state index in [2.05, 4.69) is 0 Å². The van der Waals surface area contributed by atoms with Crippen LogP contribution in [0.15, 0.2) is 36.4 Å². The second-order valence-electron chi connectivity index (χ2n) is 5.14. The van der Waals surface area contributed by atoms with Gasteiger partial charge in [-0.3, -0.25) is 0 Å². The molecule has 0 saturated heterocycles. The molecule has 0 unspecified atom stereocenters. The summed E-state index contributed by atoms with van der Waals surface area (Å²) in [5.74, 6) is 0.509.